The number of alkyl halides is 2. The van der Waals surface area contributed by atoms with E-state index in [2.05, 4.69) is 9.97 Å². The van der Waals surface area contributed by atoms with Gasteiger partial charge >= 0.3 is 0 Å². The van der Waals surface area contributed by atoms with Crippen LogP contribution >= 0.6 is 0 Å². The maximum Gasteiger partial charge on any atom is 0.266 e. The molecule has 36 heavy (non-hydrogen) atoms. The van der Waals surface area contributed by atoms with Crippen molar-refractivity contribution in [3.05, 3.63) is 69.1 Å². The minimum absolute atomic E-state index is 0.0267. The van der Waals surface area contributed by atoms with Crippen molar-refractivity contribution in [1.82, 2.24) is 19.4 Å². The molecule has 7 nitrogen and oxygen atoms in total. The van der Waals surface area contributed by atoms with E-state index < -0.39 is 48.0 Å². The van der Waals surface area contributed by atoms with E-state index >= 15 is 0 Å². The van der Waals surface area contributed by atoms with E-state index in [-0.39, 0.29) is 42.1 Å². The van der Waals surface area contributed by atoms with E-state index in [1.165, 1.54) is 48.0 Å². The van der Waals surface area contributed by atoms with E-state index in [9.17, 15) is 22.8 Å². The van der Waals surface area contributed by atoms with Crippen molar-refractivity contribution in [2.45, 2.75) is 57.6 Å². The van der Waals surface area contributed by atoms with Gasteiger partial charge in [0.15, 0.2) is 0 Å². The number of carbonyl (C=O) groups excluding carboxylic acids is 1. The Morgan fingerprint density at radius 1 is 1.33 bits per heavy atom. The minimum Gasteiger partial charge on any atom is -0.371 e. The molecule has 2 aromatic heterocycles. The molecule has 1 saturated heterocycles. The van der Waals surface area contributed by atoms with Crippen molar-refractivity contribution in [3.8, 4) is 0 Å². The van der Waals surface area contributed by atoms with Crippen LogP contribution in [0.15, 0.2) is 35.4 Å². The molecule has 3 atom stereocenters. The molecule has 0 bridgehead atoms. The quantitative estimate of drug-likeness (QED) is 0.501. The average molecular weight is 506 g/mol. The van der Waals surface area contributed by atoms with Gasteiger partial charge in [0.2, 0.25) is 5.91 Å². The molecule has 1 aromatic carbocycles. The maximum atomic E-state index is 14.9. The first kappa shape index (κ1) is 22.0. The number of amides is 1. The standard InChI is InChI=1S/C26H29F3N4O3/c1-14(17-7-6-8-18(22(17)27)23(28)29)9-21-19-10-20(25(35)32(4)24(19)31-13-30-21)26(36-5)11-15(2)33(12-26)16(3)34/h6-8,10,13-15,23H,9,11-12H2,1-5H3/t14-,15+,26?/m0/s1/i5D3. The number of halogens is 3. The number of hydrogen-bond donors (Lipinski definition) is 0. The first-order valence-corrected chi connectivity index (χ1v) is 11.5. The lowest BCUT2D eigenvalue weighted by Crippen LogP contribution is -2.40. The fourth-order valence-electron chi connectivity index (χ4n) is 5.15. The number of methoxy groups -OCH3 is 1. The van der Waals surface area contributed by atoms with Crippen LogP contribution in [0.2, 0.25) is 0 Å². The number of nitrogens with zero attached hydrogens (tertiary/aromatic N) is 4. The van der Waals surface area contributed by atoms with Gasteiger partial charge in [-0.25, -0.2) is 23.1 Å². The van der Waals surface area contributed by atoms with Crippen LogP contribution in [0.3, 0.4) is 0 Å². The van der Waals surface area contributed by atoms with Crippen molar-refractivity contribution in [1.29, 1.82) is 0 Å². The Balaban J connectivity index is 1.86. The summed E-state index contributed by atoms with van der Waals surface area (Å²) in [5, 5.41) is 0.398. The fourth-order valence-corrected chi connectivity index (χ4v) is 5.15. The SMILES string of the molecule is [2H]C([2H])([2H])OC1(c2cc3c(C[C@H](C)c4cccc(C(F)F)c4F)ncnc3n(C)c2=O)C[C@@H](C)N(C(C)=O)C1. The van der Waals surface area contributed by atoms with Crippen LogP contribution in [0.4, 0.5) is 13.2 Å². The summed E-state index contributed by atoms with van der Waals surface area (Å²) in [4.78, 5) is 35.8. The number of benzene rings is 1. The molecular formula is C26H29F3N4O3. The third kappa shape index (κ3) is 4.27. The van der Waals surface area contributed by atoms with Crippen molar-refractivity contribution in [2.75, 3.05) is 13.6 Å². The van der Waals surface area contributed by atoms with E-state index in [4.69, 9.17) is 8.85 Å². The number of aryl methyl sites for hydroxylation is 1. The van der Waals surface area contributed by atoms with Gasteiger partial charge in [-0.05, 0) is 30.9 Å². The molecule has 1 unspecified atom stereocenters. The first-order valence-electron chi connectivity index (χ1n) is 13.0. The van der Waals surface area contributed by atoms with Crippen LogP contribution in [0.5, 0.6) is 0 Å². The third-order valence-corrected chi connectivity index (χ3v) is 7.08. The zero-order chi connectivity index (χ0) is 28.9. The number of pyridine rings is 1. The van der Waals surface area contributed by atoms with E-state index in [1.54, 1.807) is 13.8 Å². The van der Waals surface area contributed by atoms with Crippen LogP contribution in [0.1, 0.15) is 66.0 Å². The molecule has 1 amide bonds. The summed E-state index contributed by atoms with van der Waals surface area (Å²) in [6, 6.07) is 4.92. The Hall–Kier alpha value is -3.27. The minimum atomic E-state index is -2.97. The Bertz CT molecular complexity index is 1480. The molecule has 3 heterocycles. The van der Waals surface area contributed by atoms with E-state index in [0.29, 0.717) is 11.1 Å². The Labute approximate surface area is 211 Å². The predicted molar refractivity (Wildman–Crippen MR) is 128 cm³/mol. The van der Waals surface area contributed by atoms with Gasteiger partial charge in [0.1, 0.15) is 23.4 Å². The molecule has 0 radical (unpaired) electrons. The van der Waals surface area contributed by atoms with Gasteiger partial charge in [-0.1, -0.05) is 25.1 Å². The highest BCUT2D eigenvalue weighted by atomic mass is 19.3. The van der Waals surface area contributed by atoms with Crippen LogP contribution < -0.4 is 5.56 Å². The lowest BCUT2D eigenvalue weighted by atomic mass is 9.89. The number of ether oxygens (including phenoxy) is 1. The zero-order valence-corrected chi connectivity index (χ0v) is 20.4. The molecule has 192 valence electrons. The molecule has 1 fully saturated rings. The number of aromatic nitrogens is 3. The van der Waals surface area contributed by atoms with Gasteiger partial charge in [0.05, 0.1) is 27.5 Å². The Morgan fingerprint density at radius 3 is 2.69 bits per heavy atom. The average Bonchev–Trinajstić information content (AvgIpc) is 3.16. The summed E-state index contributed by atoms with van der Waals surface area (Å²) in [5.74, 6) is -1.85. The second kappa shape index (κ2) is 9.65. The van der Waals surface area contributed by atoms with Gasteiger partial charge < -0.3 is 9.64 Å². The molecule has 1 aliphatic rings. The molecular weight excluding hydrogens is 473 g/mol. The summed E-state index contributed by atoms with van der Waals surface area (Å²) in [6.45, 7) is 4.63. The molecule has 0 aliphatic carbocycles. The summed E-state index contributed by atoms with van der Waals surface area (Å²) in [5.41, 5.74) is -2.09. The highest BCUT2D eigenvalue weighted by Crippen LogP contribution is 2.39. The number of hydrogen-bond acceptors (Lipinski definition) is 5. The highest BCUT2D eigenvalue weighted by molar-refractivity contribution is 5.79. The molecule has 10 heteroatoms. The smallest absolute Gasteiger partial charge is 0.266 e. The van der Waals surface area contributed by atoms with Gasteiger partial charge in [0.25, 0.3) is 12.0 Å². The molecule has 3 aromatic rings. The van der Waals surface area contributed by atoms with Crippen molar-refractivity contribution in [2.24, 2.45) is 7.05 Å². The molecule has 0 N–H and O–H groups in total. The lowest BCUT2D eigenvalue weighted by molar-refractivity contribution is -0.130. The fraction of sp³-hybridized carbons (Fsp3) is 0.462. The topological polar surface area (TPSA) is 77.3 Å². The number of rotatable bonds is 6. The van der Waals surface area contributed by atoms with E-state index in [0.717, 1.165) is 6.07 Å². The van der Waals surface area contributed by atoms with Crippen LogP contribution in [0, 0.1) is 5.82 Å². The normalized spacial score (nSPS) is 22.5. The zero-order valence-electron chi connectivity index (χ0n) is 23.4. The molecule has 0 saturated carbocycles. The second-order valence-corrected chi connectivity index (χ2v) is 9.43. The second-order valence-electron chi connectivity index (χ2n) is 9.43. The summed E-state index contributed by atoms with van der Waals surface area (Å²) in [7, 11) is -1.39. The van der Waals surface area contributed by atoms with E-state index in [1.807, 2.05) is 0 Å². The molecule has 0 spiro atoms. The number of carbonyl (C=O) groups is 1. The van der Waals surface area contributed by atoms with Gasteiger partial charge in [-0.15, -0.1) is 0 Å². The van der Waals surface area contributed by atoms with Crippen LogP contribution in [-0.2, 0) is 28.6 Å². The summed E-state index contributed by atoms with van der Waals surface area (Å²) >= 11 is 0. The largest absolute Gasteiger partial charge is 0.371 e. The molecule has 1 aliphatic heterocycles. The Morgan fingerprint density at radius 2 is 2.06 bits per heavy atom. The first-order chi connectivity index (χ1) is 18.1. The number of likely N-dealkylation sites (tertiary alicyclic amines) is 1. The van der Waals surface area contributed by atoms with Crippen molar-refractivity contribution < 1.29 is 26.8 Å². The van der Waals surface area contributed by atoms with Crippen LogP contribution in [0.25, 0.3) is 11.0 Å². The van der Waals surface area contributed by atoms with Crippen molar-refractivity contribution in [3.63, 3.8) is 0 Å². The highest BCUT2D eigenvalue weighted by Gasteiger charge is 2.47. The maximum absolute atomic E-state index is 14.9. The van der Waals surface area contributed by atoms with Crippen LogP contribution in [-0.4, -0.2) is 45.0 Å². The predicted octanol–water partition coefficient (Wildman–Crippen LogP) is 4.23. The summed E-state index contributed by atoms with van der Waals surface area (Å²) < 4.78 is 71.6. The van der Waals surface area contributed by atoms with Gasteiger partial charge in [-0.3, -0.25) is 14.2 Å². The lowest BCUT2D eigenvalue weighted by Gasteiger charge is -2.28. The number of fused-ring (bicyclic) bond motifs is 1. The Kier molecular flexibility index (Phi) is 5.89. The van der Waals surface area contributed by atoms with Gasteiger partial charge in [0, 0.05) is 38.9 Å². The molecule has 4 rings (SSSR count). The summed E-state index contributed by atoms with van der Waals surface area (Å²) in [6.07, 6.45) is -1.54. The third-order valence-electron chi connectivity index (χ3n) is 7.08. The monoisotopic (exact) mass is 505 g/mol. The van der Waals surface area contributed by atoms with Gasteiger partial charge in [-0.2, -0.15) is 0 Å². The van der Waals surface area contributed by atoms with Crippen molar-refractivity contribution >= 4 is 16.9 Å².